The summed E-state index contributed by atoms with van der Waals surface area (Å²) in [5.41, 5.74) is 0. The van der Waals surface area contributed by atoms with Crippen LogP contribution in [0.5, 0.6) is 0 Å². The molecular weight excluding hydrogens is 312 g/mol. The number of hydrogen-bond acceptors (Lipinski definition) is 6. The van der Waals surface area contributed by atoms with E-state index >= 15 is 0 Å². The highest BCUT2D eigenvalue weighted by Gasteiger charge is 2.60. The van der Waals surface area contributed by atoms with Crippen molar-refractivity contribution in [3.05, 3.63) is 25.3 Å². The highest BCUT2D eigenvalue weighted by atomic mass is 16.8. The van der Waals surface area contributed by atoms with Gasteiger partial charge >= 0.3 is 0 Å². The molecule has 0 aromatic carbocycles. The average molecular weight is 340 g/mol. The second kappa shape index (κ2) is 7.64. The summed E-state index contributed by atoms with van der Waals surface area (Å²) in [6.45, 7) is 7.86. The van der Waals surface area contributed by atoms with Crippen LogP contribution in [0.15, 0.2) is 25.3 Å². The van der Waals surface area contributed by atoms with E-state index in [0.29, 0.717) is 6.61 Å². The summed E-state index contributed by atoms with van der Waals surface area (Å²) in [6, 6.07) is 0. The highest BCUT2D eigenvalue weighted by molar-refractivity contribution is 5.06. The first-order valence-electron chi connectivity index (χ1n) is 8.78. The Hall–Kier alpha value is -0.760. The van der Waals surface area contributed by atoms with Crippen LogP contribution < -0.4 is 0 Å². The molecule has 2 aliphatic carbocycles. The van der Waals surface area contributed by atoms with E-state index in [-0.39, 0.29) is 6.61 Å². The van der Waals surface area contributed by atoms with Crippen molar-refractivity contribution < 1.29 is 29.2 Å². The number of ether oxygens (including phenoxy) is 4. The van der Waals surface area contributed by atoms with E-state index < -0.39 is 42.4 Å². The maximum Gasteiger partial charge on any atom is 0.169 e. The van der Waals surface area contributed by atoms with E-state index in [1.807, 2.05) is 0 Å². The van der Waals surface area contributed by atoms with Crippen LogP contribution in [0.25, 0.3) is 0 Å². The van der Waals surface area contributed by atoms with Gasteiger partial charge in [0.05, 0.1) is 13.2 Å². The Kier molecular flexibility index (Phi) is 5.74. The molecule has 6 heteroatoms. The van der Waals surface area contributed by atoms with E-state index in [4.69, 9.17) is 18.9 Å². The van der Waals surface area contributed by atoms with Crippen molar-refractivity contribution in [2.45, 2.75) is 74.5 Å². The van der Waals surface area contributed by atoms with Crippen LogP contribution in [0.4, 0.5) is 0 Å². The van der Waals surface area contributed by atoms with Gasteiger partial charge in [-0.05, 0) is 12.8 Å². The molecule has 2 N–H and O–H groups in total. The molecule has 136 valence electrons. The maximum absolute atomic E-state index is 10.5. The van der Waals surface area contributed by atoms with Crippen LogP contribution in [0.1, 0.15) is 32.1 Å². The fraction of sp³-hybridized carbons (Fsp3) is 0.778. The average Bonchev–Trinajstić information content (AvgIpc) is 2.95. The zero-order valence-electron chi connectivity index (χ0n) is 14.0. The third-order valence-corrected chi connectivity index (χ3v) is 5.12. The minimum absolute atomic E-state index is 0.256. The predicted molar refractivity (Wildman–Crippen MR) is 87.4 cm³/mol. The van der Waals surface area contributed by atoms with E-state index in [1.165, 1.54) is 0 Å². The highest BCUT2D eigenvalue weighted by Crippen LogP contribution is 2.45. The van der Waals surface area contributed by atoms with Gasteiger partial charge in [0, 0.05) is 12.8 Å². The van der Waals surface area contributed by atoms with Gasteiger partial charge in [-0.2, -0.15) is 0 Å². The Balaban J connectivity index is 1.82. The zero-order valence-corrected chi connectivity index (χ0v) is 14.0. The molecule has 6 nitrogen and oxygen atoms in total. The first-order valence-corrected chi connectivity index (χ1v) is 8.78. The Morgan fingerprint density at radius 3 is 2.08 bits per heavy atom. The molecule has 1 aliphatic heterocycles. The molecule has 0 aromatic heterocycles. The number of aliphatic hydroxyl groups is 2. The van der Waals surface area contributed by atoms with E-state index in [0.717, 1.165) is 32.1 Å². The Morgan fingerprint density at radius 1 is 0.875 bits per heavy atom. The second-order valence-electron chi connectivity index (χ2n) is 6.79. The Labute approximate surface area is 143 Å². The van der Waals surface area contributed by atoms with Gasteiger partial charge in [0.2, 0.25) is 0 Å². The lowest BCUT2D eigenvalue weighted by Crippen LogP contribution is -2.64. The standard InChI is InChI=1S/C18H28O6/c1-3-10-21-14-12(19)13(20)15-17(16(14)22-11-4-2)24-18(23-15)8-6-5-7-9-18/h3-4,12-17,19-20H,1-2,5-11H2/t12-,13-,14+,15+,16-,17+/m1/s1. The van der Waals surface area contributed by atoms with Crippen LogP contribution in [-0.4, -0.2) is 65.8 Å². The minimum Gasteiger partial charge on any atom is -0.387 e. The second-order valence-corrected chi connectivity index (χ2v) is 6.79. The molecule has 0 amide bonds. The molecule has 3 aliphatic rings. The normalized spacial score (nSPS) is 41.1. The molecule has 0 bridgehead atoms. The smallest absolute Gasteiger partial charge is 0.169 e. The fourth-order valence-electron chi connectivity index (χ4n) is 4.01. The van der Waals surface area contributed by atoms with Crippen molar-refractivity contribution in [3.63, 3.8) is 0 Å². The summed E-state index contributed by atoms with van der Waals surface area (Å²) >= 11 is 0. The van der Waals surface area contributed by atoms with Gasteiger partial charge in [0.1, 0.15) is 36.6 Å². The third-order valence-electron chi connectivity index (χ3n) is 5.12. The largest absolute Gasteiger partial charge is 0.387 e. The molecule has 1 spiro atoms. The summed E-state index contributed by atoms with van der Waals surface area (Å²) in [6.07, 6.45) is 3.56. The summed E-state index contributed by atoms with van der Waals surface area (Å²) in [4.78, 5) is 0. The molecule has 0 aromatic rings. The van der Waals surface area contributed by atoms with Crippen LogP contribution in [-0.2, 0) is 18.9 Å². The first-order chi connectivity index (χ1) is 11.6. The molecule has 3 fully saturated rings. The zero-order chi connectivity index (χ0) is 17.2. The van der Waals surface area contributed by atoms with E-state index in [1.54, 1.807) is 12.2 Å². The van der Waals surface area contributed by atoms with Crippen molar-refractivity contribution in [1.82, 2.24) is 0 Å². The Morgan fingerprint density at radius 2 is 1.46 bits per heavy atom. The van der Waals surface area contributed by atoms with Crippen molar-refractivity contribution in [2.24, 2.45) is 0 Å². The number of aliphatic hydroxyl groups excluding tert-OH is 2. The molecule has 1 heterocycles. The molecule has 3 rings (SSSR count). The fourth-order valence-corrected chi connectivity index (χ4v) is 4.01. The summed E-state index contributed by atoms with van der Waals surface area (Å²) in [7, 11) is 0. The number of rotatable bonds is 6. The van der Waals surface area contributed by atoms with Crippen molar-refractivity contribution in [1.29, 1.82) is 0 Å². The quantitative estimate of drug-likeness (QED) is 0.710. The molecule has 2 saturated carbocycles. The monoisotopic (exact) mass is 340 g/mol. The van der Waals surface area contributed by atoms with Crippen molar-refractivity contribution in [3.8, 4) is 0 Å². The van der Waals surface area contributed by atoms with Gasteiger partial charge in [-0.1, -0.05) is 18.6 Å². The number of fused-ring (bicyclic) bond motifs is 1. The van der Waals surface area contributed by atoms with Crippen LogP contribution in [0.2, 0.25) is 0 Å². The lowest BCUT2D eigenvalue weighted by atomic mass is 9.84. The topological polar surface area (TPSA) is 77.4 Å². The van der Waals surface area contributed by atoms with Gasteiger partial charge in [-0.15, -0.1) is 13.2 Å². The Bertz CT molecular complexity index is 447. The SMILES string of the molecule is C=CCO[C@H]1[C@H]2OC3(CCCCC3)O[C@H]2[C@H](O)[C@@H](O)[C@@H]1OCC=C. The first kappa shape index (κ1) is 18.0. The molecular formula is C18H28O6. The summed E-state index contributed by atoms with van der Waals surface area (Å²) in [5, 5.41) is 21.1. The summed E-state index contributed by atoms with van der Waals surface area (Å²) in [5.74, 6) is -0.669. The third kappa shape index (κ3) is 3.31. The lowest BCUT2D eigenvalue weighted by molar-refractivity contribution is -0.217. The molecule has 6 atom stereocenters. The van der Waals surface area contributed by atoms with E-state index in [2.05, 4.69) is 13.2 Å². The van der Waals surface area contributed by atoms with Gasteiger partial charge < -0.3 is 29.2 Å². The lowest BCUT2D eigenvalue weighted by Gasteiger charge is -2.42. The maximum atomic E-state index is 10.5. The van der Waals surface area contributed by atoms with Gasteiger partial charge in [-0.3, -0.25) is 0 Å². The molecule has 1 saturated heterocycles. The minimum atomic E-state index is -1.11. The van der Waals surface area contributed by atoms with Crippen LogP contribution in [0.3, 0.4) is 0 Å². The molecule has 0 unspecified atom stereocenters. The van der Waals surface area contributed by atoms with Crippen LogP contribution >= 0.6 is 0 Å². The van der Waals surface area contributed by atoms with Crippen molar-refractivity contribution in [2.75, 3.05) is 13.2 Å². The van der Waals surface area contributed by atoms with E-state index in [9.17, 15) is 10.2 Å². The van der Waals surface area contributed by atoms with Crippen molar-refractivity contribution >= 4 is 0 Å². The van der Waals surface area contributed by atoms with Gasteiger partial charge in [0.15, 0.2) is 5.79 Å². The number of hydrogen-bond donors (Lipinski definition) is 2. The summed E-state index contributed by atoms with van der Waals surface area (Å²) < 4.78 is 23.9. The molecule has 0 radical (unpaired) electrons. The van der Waals surface area contributed by atoms with Crippen LogP contribution in [0, 0.1) is 0 Å². The van der Waals surface area contributed by atoms with Gasteiger partial charge in [0.25, 0.3) is 0 Å². The predicted octanol–water partition coefficient (Wildman–Crippen LogP) is 1.31. The van der Waals surface area contributed by atoms with Gasteiger partial charge in [-0.25, -0.2) is 0 Å². The molecule has 24 heavy (non-hydrogen) atoms.